The molecule has 4 heteroatoms. The Morgan fingerprint density at radius 2 is 1.85 bits per heavy atom. The van der Waals surface area contributed by atoms with E-state index in [9.17, 15) is 9.59 Å². The van der Waals surface area contributed by atoms with Crippen LogP contribution in [0.1, 0.15) is 26.2 Å². The van der Waals surface area contributed by atoms with Crippen LogP contribution in [0.2, 0.25) is 0 Å². The molecule has 0 bridgehead atoms. The van der Waals surface area contributed by atoms with Gasteiger partial charge < -0.3 is 10.6 Å². The number of nitrogens with one attached hydrogen (secondary N) is 2. The highest BCUT2D eigenvalue weighted by atomic mass is 16.1. The Hall–Kier alpha value is -1.06. The fourth-order valence-corrected chi connectivity index (χ4v) is 1.89. The molecule has 2 N–H and O–H groups in total. The number of carbonyl (C=O) groups is 2. The van der Waals surface area contributed by atoms with Gasteiger partial charge in [0.1, 0.15) is 0 Å². The van der Waals surface area contributed by atoms with Crippen LogP contribution in [0, 0.1) is 5.92 Å². The summed E-state index contributed by atoms with van der Waals surface area (Å²) in [5, 5.41) is 5.54. The zero-order chi connectivity index (χ0) is 9.68. The van der Waals surface area contributed by atoms with Gasteiger partial charge in [-0.05, 0) is 25.2 Å². The van der Waals surface area contributed by atoms with Crippen LogP contribution in [0.25, 0.3) is 0 Å². The third-order valence-electron chi connectivity index (χ3n) is 2.78. The number of rotatable bonds is 4. The molecule has 0 aromatic heterocycles. The van der Waals surface area contributed by atoms with E-state index in [1.807, 2.05) is 0 Å². The van der Waals surface area contributed by atoms with E-state index in [2.05, 4.69) is 17.6 Å². The molecule has 13 heavy (non-hydrogen) atoms. The van der Waals surface area contributed by atoms with E-state index in [1.165, 1.54) is 0 Å². The average Bonchev–Trinajstić information content (AvgIpc) is 2.12. The Morgan fingerprint density at radius 1 is 1.15 bits per heavy atom. The standard InChI is InChI=1S/C9H16N2O2/c1-7-2-3-8(10-5-12)4-9(7)11-6-13/h5-9H,2-4H2,1H3,(H,10,12)(H,11,13). The SMILES string of the molecule is CC1CCC(NC=O)CC1NC=O. The van der Waals surface area contributed by atoms with Gasteiger partial charge in [-0.25, -0.2) is 0 Å². The second-order valence-electron chi connectivity index (χ2n) is 3.66. The minimum absolute atomic E-state index is 0.212. The van der Waals surface area contributed by atoms with Crippen molar-refractivity contribution >= 4 is 12.8 Å². The molecule has 0 aromatic rings. The normalized spacial score (nSPS) is 33.5. The lowest BCUT2D eigenvalue weighted by Gasteiger charge is -2.33. The predicted octanol–water partition coefficient (Wildman–Crippen LogP) is 0.0356. The Morgan fingerprint density at radius 3 is 2.46 bits per heavy atom. The number of carbonyl (C=O) groups excluding carboxylic acids is 2. The van der Waals surface area contributed by atoms with Crippen LogP contribution in [-0.4, -0.2) is 24.9 Å². The lowest BCUT2D eigenvalue weighted by molar-refractivity contribution is -0.110. The number of hydrogen-bond acceptors (Lipinski definition) is 2. The molecule has 0 heterocycles. The molecule has 1 fully saturated rings. The molecule has 0 radical (unpaired) electrons. The van der Waals surface area contributed by atoms with Crippen LogP contribution in [0.4, 0.5) is 0 Å². The summed E-state index contributed by atoms with van der Waals surface area (Å²) in [5.74, 6) is 0.509. The minimum Gasteiger partial charge on any atom is -0.356 e. The molecule has 1 aliphatic carbocycles. The van der Waals surface area contributed by atoms with E-state index in [1.54, 1.807) is 0 Å². The molecule has 3 unspecified atom stereocenters. The van der Waals surface area contributed by atoms with Crippen molar-refractivity contribution in [1.29, 1.82) is 0 Å². The maximum atomic E-state index is 10.3. The summed E-state index contributed by atoms with van der Waals surface area (Å²) in [5.41, 5.74) is 0. The van der Waals surface area contributed by atoms with Crippen molar-refractivity contribution in [2.75, 3.05) is 0 Å². The molecule has 0 aromatic carbocycles. The highest BCUT2D eigenvalue weighted by molar-refractivity contribution is 5.48. The topological polar surface area (TPSA) is 58.2 Å². The lowest BCUT2D eigenvalue weighted by Crippen LogP contribution is -2.45. The highest BCUT2D eigenvalue weighted by Gasteiger charge is 2.26. The average molecular weight is 184 g/mol. The van der Waals surface area contributed by atoms with Crippen molar-refractivity contribution < 1.29 is 9.59 Å². The molecule has 74 valence electrons. The van der Waals surface area contributed by atoms with Gasteiger partial charge in [0.2, 0.25) is 12.8 Å². The van der Waals surface area contributed by atoms with Gasteiger partial charge in [0.05, 0.1) is 0 Å². The predicted molar refractivity (Wildman–Crippen MR) is 49.0 cm³/mol. The fraction of sp³-hybridized carbons (Fsp3) is 0.778. The van der Waals surface area contributed by atoms with Crippen LogP contribution >= 0.6 is 0 Å². The summed E-state index contributed by atoms with van der Waals surface area (Å²) in [6.07, 6.45) is 4.38. The van der Waals surface area contributed by atoms with Gasteiger partial charge in [-0.1, -0.05) is 6.92 Å². The molecule has 1 rings (SSSR count). The van der Waals surface area contributed by atoms with Crippen LogP contribution in [0.3, 0.4) is 0 Å². The first-order valence-electron chi connectivity index (χ1n) is 4.67. The van der Waals surface area contributed by atoms with Crippen molar-refractivity contribution in [3.63, 3.8) is 0 Å². The van der Waals surface area contributed by atoms with Gasteiger partial charge in [0.15, 0.2) is 0 Å². The molecular formula is C9H16N2O2. The third kappa shape index (κ3) is 2.72. The fourth-order valence-electron chi connectivity index (χ4n) is 1.89. The summed E-state index contributed by atoms with van der Waals surface area (Å²) in [6, 6.07) is 0.440. The summed E-state index contributed by atoms with van der Waals surface area (Å²) >= 11 is 0. The lowest BCUT2D eigenvalue weighted by atomic mass is 9.83. The second kappa shape index (κ2) is 4.84. The maximum absolute atomic E-state index is 10.3. The Balaban J connectivity index is 2.41. The van der Waals surface area contributed by atoms with Crippen molar-refractivity contribution in [3.05, 3.63) is 0 Å². The summed E-state index contributed by atoms with van der Waals surface area (Å²) < 4.78 is 0. The zero-order valence-corrected chi connectivity index (χ0v) is 7.82. The molecule has 1 aliphatic rings. The Kier molecular flexibility index (Phi) is 3.73. The first-order valence-corrected chi connectivity index (χ1v) is 4.67. The molecule has 1 saturated carbocycles. The van der Waals surface area contributed by atoms with E-state index < -0.39 is 0 Å². The van der Waals surface area contributed by atoms with Crippen molar-refractivity contribution in [2.24, 2.45) is 5.92 Å². The van der Waals surface area contributed by atoms with E-state index in [-0.39, 0.29) is 12.1 Å². The van der Waals surface area contributed by atoms with E-state index in [0.29, 0.717) is 5.92 Å². The molecule has 4 nitrogen and oxygen atoms in total. The zero-order valence-electron chi connectivity index (χ0n) is 7.82. The third-order valence-corrected chi connectivity index (χ3v) is 2.78. The largest absolute Gasteiger partial charge is 0.356 e. The van der Waals surface area contributed by atoms with Gasteiger partial charge in [-0.3, -0.25) is 9.59 Å². The van der Waals surface area contributed by atoms with Gasteiger partial charge in [0, 0.05) is 12.1 Å². The molecule has 2 amide bonds. The van der Waals surface area contributed by atoms with E-state index in [4.69, 9.17) is 0 Å². The highest BCUT2D eigenvalue weighted by Crippen LogP contribution is 2.23. The molecule has 3 atom stereocenters. The first-order chi connectivity index (χ1) is 6.27. The van der Waals surface area contributed by atoms with Crippen molar-refractivity contribution in [3.8, 4) is 0 Å². The van der Waals surface area contributed by atoms with Crippen LogP contribution < -0.4 is 10.6 Å². The summed E-state index contributed by atoms with van der Waals surface area (Å²) in [7, 11) is 0. The van der Waals surface area contributed by atoms with Gasteiger partial charge in [-0.2, -0.15) is 0 Å². The number of amides is 2. The molecule has 0 aliphatic heterocycles. The van der Waals surface area contributed by atoms with Gasteiger partial charge >= 0.3 is 0 Å². The van der Waals surface area contributed by atoms with Crippen molar-refractivity contribution in [2.45, 2.75) is 38.3 Å². The molecular weight excluding hydrogens is 168 g/mol. The van der Waals surface area contributed by atoms with Gasteiger partial charge in [0.25, 0.3) is 0 Å². The van der Waals surface area contributed by atoms with E-state index >= 15 is 0 Å². The number of hydrogen-bond donors (Lipinski definition) is 2. The van der Waals surface area contributed by atoms with E-state index in [0.717, 1.165) is 32.1 Å². The van der Waals surface area contributed by atoms with Gasteiger partial charge in [-0.15, -0.1) is 0 Å². The minimum atomic E-state index is 0.212. The quantitative estimate of drug-likeness (QED) is 0.606. The second-order valence-corrected chi connectivity index (χ2v) is 3.66. The Bertz CT molecular complexity index is 184. The van der Waals surface area contributed by atoms with Crippen LogP contribution in [-0.2, 0) is 9.59 Å². The van der Waals surface area contributed by atoms with Crippen LogP contribution in [0.5, 0.6) is 0 Å². The smallest absolute Gasteiger partial charge is 0.207 e. The van der Waals surface area contributed by atoms with Crippen molar-refractivity contribution in [1.82, 2.24) is 10.6 Å². The Labute approximate surface area is 78.1 Å². The first kappa shape index (κ1) is 10.0. The monoisotopic (exact) mass is 184 g/mol. The summed E-state index contributed by atoms with van der Waals surface area (Å²) in [6.45, 7) is 2.12. The van der Waals surface area contributed by atoms with Crippen LogP contribution in [0.15, 0.2) is 0 Å². The molecule has 0 spiro atoms. The maximum Gasteiger partial charge on any atom is 0.207 e. The molecule has 0 saturated heterocycles. The summed E-state index contributed by atoms with van der Waals surface area (Å²) in [4.78, 5) is 20.5.